The second-order valence-electron chi connectivity index (χ2n) is 10.1. The lowest BCUT2D eigenvalue weighted by Gasteiger charge is -2.17. The van der Waals surface area contributed by atoms with Crippen LogP contribution in [0.3, 0.4) is 0 Å². The van der Waals surface area contributed by atoms with Crippen molar-refractivity contribution in [3.63, 3.8) is 0 Å². The number of rotatable bonds is 9. The zero-order valence-corrected chi connectivity index (χ0v) is 25.0. The molecule has 1 aliphatic carbocycles. The van der Waals surface area contributed by atoms with Crippen molar-refractivity contribution in [2.24, 2.45) is 0 Å². The van der Waals surface area contributed by atoms with Crippen molar-refractivity contribution in [2.75, 3.05) is 19.0 Å². The summed E-state index contributed by atoms with van der Waals surface area (Å²) in [4.78, 5) is 26.1. The van der Waals surface area contributed by atoms with Crippen LogP contribution in [-0.2, 0) is 19.7 Å². The first-order chi connectivity index (χ1) is 19.8. The highest BCUT2D eigenvalue weighted by Crippen LogP contribution is 2.50. The van der Waals surface area contributed by atoms with Gasteiger partial charge in [0, 0.05) is 5.56 Å². The van der Waals surface area contributed by atoms with Crippen molar-refractivity contribution < 1.29 is 23.8 Å². The first-order valence-electron chi connectivity index (χ1n) is 13.5. The number of methoxy groups -OCH3 is 1. The van der Waals surface area contributed by atoms with Crippen molar-refractivity contribution >= 4 is 40.7 Å². The lowest BCUT2D eigenvalue weighted by atomic mass is 9.93. The van der Waals surface area contributed by atoms with Crippen molar-refractivity contribution in [1.29, 1.82) is 0 Å². The monoisotopic (exact) mass is 589 g/mol. The molecule has 0 spiro atoms. The molecule has 1 saturated carbocycles. The van der Waals surface area contributed by atoms with Crippen LogP contribution in [0, 0.1) is 6.92 Å². The van der Waals surface area contributed by atoms with Crippen LogP contribution in [0.5, 0.6) is 5.75 Å². The molecule has 1 atom stereocenters. The molecule has 0 aliphatic heterocycles. The Bertz CT molecular complexity index is 1570. The number of benzene rings is 3. The lowest BCUT2D eigenvalue weighted by molar-refractivity contribution is -0.146. The summed E-state index contributed by atoms with van der Waals surface area (Å²) in [6.07, 6.45) is 0.644. The highest BCUT2D eigenvalue weighted by molar-refractivity contribution is 7.20. The quantitative estimate of drug-likeness (QED) is 0.197. The number of carbonyl (C=O) groups is 2. The number of amides is 1. The average Bonchev–Trinajstić information content (AvgIpc) is 3.70. The summed E-state index contributed by atoms with van der Waals surface area (Å²) in [5.41, 5.74) is 5.76. The zero-order chi connectivity index (χ0) is 29.1. The number of carbonyl (C=O) groups excluding carboxylic acids is 2. The molecule has 1 aromatic heterocycles. The number of esters is 1. The Morgan fingerprint density at radius 3 is 2.39 bits per heavy atom. The van der Waals surface area contributed by atoms with Gasteiger partial charge in [-0.3, -0.25) is 10.1 Å². The molecular weight excluding hydrogens is 558 g/mol. The average molecular weight is 590 g/mol. The molecule has 0 bridgehead atoms. The van der Waals surface area contributed by atoms with Crippen molar-refractivity contribution in [3.8, 4) is 27.3 Å². The Labute approximate surface area is 249 Å². The molecule has 1 N–H and O–H groups in total. The van der Waals surface area contributed by atoms with E-state index in [-0.39, 0.29) is 5.97 Å². The minimum Gasteiger partial charge on any atom is -0.496 e. The number of hydrogen-bond acceptors (Lipinski definition) is 6. The first-order valence-corrected chi connectivity index (χ1v) is 14.7. The summed E-state index contributed by atoms with van der Waals surface area (Å²) < 4.78 is 17.3. The maximum absolute atomic E-state index is 12.8. The summed E-state index contributed by atoms with van der Waals surface area (Å²) in [6, 6.07) is 23.4. The van der Waals surface area contributed by atoms with Crippen LogP contribution < -0.4 is 10.1 Å². The van der Waals surface area contributed by atoms with Gasteiger partial charge in [-0.15, -0.1) is 11.3 Å². The van der Waals surface area contributed by atoms with Gasteiger partial charge in [0.2, 0.25) is 0 Å². The van der Waals surface area contributed by atoms with Crippen LogP contribution in [0.25, 0.3) is 21.6 Å². The molecule has 1 fully saturated rings. The molecule has 0 radical (unpaired) electrons. The molecule has 1 aliphatic rings. The van der Waals surface area contributed by atoms with E-state index in [1.807, 2.05) is 87.5 Å². The minimum absolute atomic E-state index is 0.151. The van der Waals surface area contributed by atoms with Crippen LogP contribution in [-0.4, -0.2) is 25.8 Å². The van der Waals surface area contributed by atoms with Gasteiger partial charge in [0.05, 0.1) is 34.0 Å². The van der Waals surface area contributed by atoms with Gasteiger partial charge in [-0.25, -0.2) is 4.79 Å². The van der Waals surface area contributed by atoms with E-state index < -0.39 is 17.6 Å². The Morgan fingerprint density at radius 2 is 1.73 bits per heavy atom. The van der Waals surface area contributed by atoms with Gasteiger partial charge in [0.25, 0.3) is 0 Å². The Morgan fingerprint density at radius 1 is 1.02 bits per heavy atom. The molecule has 212 valence electrons. The van der Waals surface area contributed by atoms with Gasteiger partial charge >= 0.3 is 12.1 Å². The SMILES string of the molecule is CCOC(=O)C1(c2ccc(-c3ccc(-c4sc(Cl)cc4NC(=O)OC(C)c4ccccc4C)cc3OC)cc2)CC1. The number of ether oxygens (including phenoxy) is 3. The van der Waals surface area contributed by atoms with Crippen molar-refractivity contribution in [2.45, 2.75) is 45.1 Å². The predicted octanol–water partition coefficient (Wildman–Crippen LogP) is 8.96. The van der Waals surface area contributed by atoms with Gasteiger partial charge in [-0.2, -0.15) is 0 Å². The molecule has 41 heavy (non-hydrogen) atoms. The zero-order valence-electron chi connectivity index (χ0n) is 23.5. The van der Waals surface area contributed by atoms with Crippen molar-refractivity contribution in [3.05, 3.63) is 93.8 Å². The predicted molar refractivity (Wildman–Crippen MR) is 164 cm³/mol. The first kappa shape index (κ1) is 28.7. The van der Waals surface area contributed by atoms with E-state index >= 15 is 0 Å². The summed E-state index contributed by atoms with van der Waals surface area (Å²) in [5.74, 6) is 0.523. The normalized spacial score (nSPS) is 14.2. The van der Waals surface area contributed by atoms with E-state index in [1.165, 1.54) is 11.3 Å². The fraction of sp³-hybridized carbons (Fsp3) is 0.273. The second kappa shape index (κ2) is 12.0. The molecule has 3 aromatic carbocycles. The molecule has 1 heterocycles. The number of anilines is 1. The fourth-order valence-electron chi connectivity index (χ4n) is 5.12. The summed E-state index contributed by atoms with van der Waals surface area (Å²) in [7, 11) is 1.63. The third kappa shape index (κ3) is 5.97. The van der Waals surface area contributed by atoms with Gasteiger partial charge in [0.15, 0.2) is 0 Å². The smallest absolute Gasteiger partial charge is 0.412 e. The summed E-state index contributed by atoms with van der Waals surface area (Å²) >= 11 is 7.75. The Hall–Kier alpha value is -3.81. The largest absolute Gasteiger partial charge is 0.496 e. The molecule has 6 nitrogen and oxygen atoms in total. The van der Waals surface area contributed by atoms with E-state index in [4.69, 9.17) is 25.8 Å². The Balaban J connectivity index is 1.35. The molecule has 1 amide bonds. The number of halogens is 1. The van der Waals surface area contributed by atoms with Gasteiger partial charge in [-0.1, -0.05) is 72.3 Å². The highest BCUT2D eigenvalue weighted by atomic mass is 35.5. The van der Waals surface area contributed by atoms with E-state index in [1.54, 1.807) is 13.2 Å². The number of thiophene rings is 1. The van der Waals surface area contributed by atoms with E-state index in [9.17, 15) is 9.59 Å². The van der Waals surface area contributed by atoms with Gasteiger partial charge in [-0.05, 0) is 73.6 Å². The number of hydrogen-bond donors (Lipinski definition) is 1. The van der Waals surface area contributed by atoms with Crippen LogP contribution >= 0.6 is 22.9 Å². The highest BCUT2D eigenvalue weighted by Gasteiger charge is 2.52. The number of nitrogens with one attached hydrogen (secondary N) is 1. The van der Waals surface area contributed by atoms with E-state index in [2.05, 4.69) is 5.32 Å². The number of aryl methyl sites for hydroxylation is 1. The summed E-state index contributed by atoms with van der Waals surface area (Å²) in [5, 5.41) is 2.86. The third-order valence-electron chi connectivity index (χ3n) is 7.48. The Kier molecular flexibility index (Phi) is 8.38. The van der Waals surface area contributed by atoms with Gasteiger partial charge in [0.1, 0.15) is 11.9 Å². The van der Waals surface area contributed by atoms with E-state index in [0.717, 1.165) is 51.1 Å². The maximum Gasteiger partial charge on any atom is 0.412 e. The maximum atomic E-state index is 12.8. The van der Waals surface area contributed by atoms with Crippen LogP contribution in [0.1, 0.15) is 49.5 Å². The van der Waals surface area contributed by atoms with Crippen LogP contribution in [0.4, 0.5) is 10.5 Å². The lowest BCUT2D eigenvalue weighted by Crippen LogP contribution is -2.23. The molecule has 4 aromatic rings. The standard InChI is InChI=1S/C33H32ClNO5S/c1-5-39-31(36)33(16-17-33)24-13-10-22(11-14-24)26-15-12-23(18-28(26)38-4)30-27(19-29(34)41-30)35-32(37)40-21(3)25-9-7-6-8-20(25)2/h6-15,18-19,21H,5,16-17H2,1-4H3,(H,35,37). The third-order valence-corrected chi connectivity index (χ3v) is 8.79. The second-order valence-corrected chi connectivity index (χ2v) is 11.8. The van der Waals surface area contributed by atoms with Gasteiger partial charge < -0.3 is 14.2 Å². The fourth-order valence-corrected chi connectivity index (χ4v) is 6.30. The molecule has 8 heteroatoms. The molecule has 1 unspecified atom stereocenters. The molecule has 0 saturated heterocycles. The van der Waals surface area contributed by atoms with Crippen LogP contribution in [0.2, 0.25) is 4.34 Å². The molecule has 5 rings (SSSR count). The molecular formula is C33H32ClNO5S. The van der Waals surface area contributed by atoms with Crippen LogP contribution in [0.15, 0.2) is 72.8 Å². The topological polar surface area (TPSA) is 73.9 Å². The van der Waals surface area contributed by atoms with Crippen molar-refractivity contribution in [1.82, 2.24) is 0 Å². The van der Waals surface area contributed by atoms with E-state index in [0.29, 0.717) is 22.4 Å². The minimum atomic E-state index is -0.559. The summed E-state index contributed by atoms with van der Waals surface area (Å²) in [6.45, 7) is 6.04.